The number of fused-ring (bicyclic) bond motifs is 1. The van der Waals surface area contributed by atoms with E-state index < -0.39 is 17.7 Å². The number of Topliss-reactive ketones (excluding diaryl/α,β-unsaturated/α-hetero) is 1. The Morgan fingerprint density at radius 2 is 1.78 bits per heavy atom. The van der Waals surface area contributed by atoms with Crippen LogP contribution in [0.3, 0.4) is 0 Å². The number of benzene rings is 2. The van der Waals surface area contributed by atoms with Crippen LogP contribution in [0.25, 0.3) is 10.9 Å². The maximum absolute atomic E-state index is 13.2. The first kappa shape index (κ1) is 22.9. The minimum atomic E-state index is -1.66. The molecule has 0 saturated carbocycles. The Morgan fingerprint density at radius 3 is 2.41 bits per heavy atom. The molecule has 1 heterocycles. The third-order valence-corrected chi connectivity index (χ3v) is 4.89. The van der Waals surface area contributed by atoms with Crippen molar-refractivity contribution in [3.8, 4) is 5.75 Å². The maximum Gasteiger partial charge on any atom is 0.377 e. The van der Waals surface area contributed by atoms with Crippen LogP contribution in [0, 0.1) is 5.82 Å². The van der Waals surface area contributed by atoms with Crippen molar-refractivity contribution in [3.05, 3.63) is 70.7 Å². The minimum absolute atomic E-state index is 0.0699. The second kappa shape index (κ2) is 10.00. The zero-order valence-corrected chi connectivity index (χ0v) is 17.7. The van der Waals surface area contributed by atoms with Crippen LogP contribution in [-0.2, 0) is 16.0 Å². The lowest BCUT2D eigenvalue weighted by Crippen LogP contribution is -2.16. The number of ether oxygens (including phenoxy) is 2. The second-order valence-electron chi connectivity index (χ2n) is 7.17. The Bertz CT molecular complexity index is 1170. The molecule has 0 aliphatic heterocycles. The van der Waals surface area contributed by atoms with E-state index >= 15 is 0 Å². The molecule has 166 valence electrons. The van der Waals surface area contributed by atoms with E-state index in [9.17, 15) is 23.9 Å². The molecule has 0 aliphatic rings. The summed E-state index contributed by atoms with van der Waals surface area (Å²) in [6.45, 7) is 2.29. The lowest BCUT2D eigenvalue weighted by atomic mass is 9.97. The molecular formula is C24H22FNO6. The normalized spacial score (nSPS) is 10.7. The summed E-state index contributed by atoms with van der Waals surface area (Å²) in [6.07, 6.45) is 3.51. The minimum Gasteiger partial charge on any atom is -0.490 e. The molecule has 0 amide bonds. The number of esters is 1. The Morgan fingerprint density at radius 1 is 1.06 bits per heavy atom. The van der Waals surface area contributed by atoms with Crippen molar-refractivity contribution in [2.24, 2.45) is 0 Å². The van der Waals surface area contributed by atoms with Gasteiger partial charge < -0.3 is 14.6 Å². The highest BCUT2D eigenvalue weighted by Crippen LogP contribution is 2.33. The van der Waals surface area contributed by atoms with E-state index in [1.807, 2.05) is 6.92 Å². The van der Waals surface area contributed by atoms with Gasteiger partial charge in [-0.25, -0.2) is 14.0 Å². The van der Waals surface area contributed by atoms with Crippen LogP contribution in [0.15, 0.2) is 42.6 Å². The number of carboxylic acid groups (broad SMARTS) is 1. The highest BCUT2D eigenvalue weighted by atomic mass is 19.1. The molecule has 0 bridgehead atoms. The number of hydrogen-bond acceptors (Lipinski definition) is 6. The van der Waals surface area contributed by atoms with Crippen molar-refractivity contribution in [3.63, 3.8) is 0 Å². The van der Waals surface area contributed by atoms with Gasteiger partial charge in [-0.3, -0.25) is 9.78 Å². The van der Waals surface area contributed by atoms with Crippen LogP contribution in [-0.4, -0.2) is 41.5 Å². The van der Waals surface area contributed by atoms with E-state index in [0.29, 0.717) is 18.6 Å². The summed E-state index contributed by atoms with van der Waals surface area (Å²) in [7, 11) is 1.18. The standard InChI is InChI=1S/C24H22FNO6/c1-3-4-9-32-22-19(24(30)31-2)12-18(21(27)23(28)29)17-11-15(13-26-20(17)22)10-14-5-7-16(25)8-6-14/h5-8,11-13H,3-4,9-10H2,1-2H3,(H,28,29). The Labute approximate surface area is 183 Å². The molecule has 1 aromatic heterocycles. The van der Waals surface area contributed by atoms with Gasteiger partial charge in [0, 0.05) is 17.1 Å². The highest BCUT2D eigenvalue weighted by Gasteiger charge is 2.26. The molecule has 0 aliphatic carbocycles. The number of aliphatic carboxylic acids is 1. The Balaban J connectivity index is 2.20. The molecule has 0 fully saturated rings. The molecule has 1 N–H and O–H groups in total. The number of methoxy groups -OCH3 is 1. The van der Waals surface area contributed by atoms with E-state index in [-0.39, 0.29) is 33.6 Å². The van der Waals surface area contributed by atoms with Gasteiger partial charge in [0.2, 0.25) is 0 Å². The molecule has 32 heavy (non-hydrogen) atoms. The van der Waals surface area contributed by atoms with Crippen LogP contribution >= 0.6 is 0 Å². The van der Waals surface area contributed by atoms with Gasteiger partial charge in [-0.05, 0) is 48.2 Å². The maximum atomic E-state index is 13.2. The number of hydrogen-bond donors (Lipinski definition) is 1. The van der Waals surface area contributed by atoms with E-state index in [0.717, 1.165) is 18.4 Å². The molecule has 0 spiro atoms. The average Bonchev–Trinajstić information content (AvgIpc) is 2.79. The SMILES string of the molecule is CCCCOc1c(C(=O)OC)cc(C(=O)C(=O)O)c2cc(Cc3ccc(F)cc3)cnc12. The van der Waals surface area contributed by atoms with Crippen molar-refractivity contribution < 1.29 is 33.4 Å². The lowest BCUT2D eigenvalue weighted by molar-refractivity contribution is -0.131. The zero-order valence-electron chi connectivity index (χ0n) is 17.7. The number of pyridine rings is 1. The monoisotopic (exact) mass is 439 g/mol. The van der Waals surface area contributed by atoms with Gasteiger partial charge in [0.15, 0.2) is 5.75 Å². The fraction of sp³-hybridized carbons (Fsp3) is 0.250. The predicted molar refractivity (Wildman–Crippen MR) is 115 cm³/mol. The van der Waals surface area contributed by atoms with E-state index in [4.69, 9.17) is 9.47 Å². The van der Waals surface area contributed by atoms with Crippen LogP contribution in [0.1, 0.15) is 51.6 Å². The summed E-state index contributed by atoms with van der Waals surface area (Å²) in [6, 6.07) is 8.74. The molecule has 7 nitrogen and oxygen atoms in total. The van der Waals surface area contributed by atoms with Gasteiger partial charge in [-0.1, -0.05) is 25.5 Å². The third kappa shape index (κ3) is 4.91. The third-order valence-electron chi connectivity index (χ3n) is 4.89. The smallest absolute Gasteiger partial charge is 0.377 e. The number of carboxylic acids is 1. The molecule has 8 heteroatoms. The van der Waals surface area contributed by atoms with Crippen molar-refractivity contribution in [2.45, 2.75) is 26.2 Å². The van der Waals surface area contributed by atoms with Gasteiger partial charge in [0.25, 0.3) is 5.78 Å². The summed E-state index contributed by atoms with van der Waals surface area (Å²) in [4.78, 5) is 40.7. The van der Waals surface area contributed by atoms with Crippen LogP contribution in [0.5, 0.6) is 5.75 Å². The molecule has 2 aromatic carbocycles. The summed E-state index contributed by atoms with van der Waals surface area (Å²) in [5.41, 5.74) is 1.42. The fourth-order valence-corrected chi connectivity index (χ4v) is 3.27. The van der Waals surface area contributed by atoms with Gasteiger partial charge in [0.05, 0.1) is 13.7 Å². The first-order chi connectivity index (χ1) is 15.3. The van der Waals surface area contributed by atoms with Gasteiger partial charge >= 0.3 is 11.9 Å². The summed E-state index contributed by atoms with van der Waals surface area (Å²) < 4.78 is 23.8. The molecule has 0 atom stereocenters. The van der Waals surface area contributed by atoms with Crippen LogP contribution in [0.2, 0.25) is 0 Å². The number of carbonyl (C=O) groups excluding carboxylic acids is 2. The van der Waals surface area contributed by atoms with Crippen LogP contribution < -0.4 is 4.74 Å². The Hall–Kier alpha value is -3.81. The molecule has 3 rings (SSSR count). The van der Waals surface area contributed by atoms with Crippen molar-refractivity contribution in [1.82, 2.24) is 4.98 Å². The highest BCUT2D eigenvalue weighted by molar-refractivity contribution is 6.42. The number of ketones is 1. The molecule has 3 aromatic rings. The molecule has 0 radical (unpaired) electrons. The summed E-state index contributed by atoms with van der Waals surface area (Å²) in [5.74, 6) is -3.83. The van der Waals surface area contributed by atoms with Gasteiger partial charge in [0.1, 0.15) is 16.9 Å². The van der Waals surface area contributed by atoms with Crippen LogP contribution in [0.4, 0.5) is 4.39 Å². The molecular weight excluding hydrogens is 417 g/mol. The van der Waals surface area contributed by atoms with Gasteiger partial charge in [-0.15, -0.1) is 0 Å². The van der Waals surface area contributed by atoms with E-state index in [1.54, 1.807) is 24.4 Å². The number of carbonyl (C=O) groups is 3. The van der Waals surface area contributed by atoms with Crippen molar-refractivity contribution >= 4 is 28.6 Å². The van der Waals surface area contributed by atoms with Crippen molar-refractivity contribution in [1.29, 1.82) is 0 Å². The quantitative estimate of drug-likeness (QED) is 0.231. The number of aromatic nitrogens is 1. The first-order valence-corrected chi connectivity index (χ1v) is 10.0. The molecule has 0 unspecified atom stereocenters. The largest absolute Gasteiger partial charge is 0.490 e. The lowest BCUT2D eigenvalue weighted by Gasteiger charge is -2.15. The molecule has 0 saturated heterocycles. The Kier molecular flexibility index (Phi) is 7.14. The first-order valence-electron chi connectivity index (χ1n) is 10.0. The summed E-state index contributed by atoms with van der Waals surface area (Å²) in [5, 5.41) is 9.55. The zero-order chi connectivity index (χ0) is 23.3. The van der Waals surface area contributed by atoms with Crippen molar-refractivity contribution in [2.75, 3.05) is 13.7 Å². The number of unbranched alkanes of at least 4 members (excludes halogenated alkanes) is 1. The summed E-state index contributed by atoms with van der Waals surface area (Å²) >= 11 is 0. The van der Waals surface area contributed by atoms with E-state index in [2.05, 4.69) is 4.98 Å². The fourth-order valence-electron chi connectivity index (χ4n) is 3.27. The topological polar surface area (TPSA) is 103 Å². The number of nitrogens with zero attached hydrogens (tertiary/aromatic N) is 1. The number of halogens is 1. The average molecular weight is 439 g/mol. The second-order valence-corrected chi connectivity index (χ2v) is 7.17. The van der Waals surface area contributed by atoms with E-state index in [1.165, 1.54) is 25.3 Å². The van der Waals surface area contributed by atoms with Gasteiger partial charge in [-0.2, -0.15) is 0 Å². The number of rotatable bonds is 9. The predicted octanol–water partition coefficient (Wildman–Crippen LogP) is 4.20.